The molecule has 52 heavy (non-hydrogen) atoms. The van der Waals surface area contributed by atoms with Crippen molar-refractivity contribution in [3.63, 3.8) is 0 Å². The molecule has 0 saturated heterocycles. The fourth-order valence-corrected chi connectivity index (χ4v) is 6.81. The Hall–Kier alpha value is -5.10. The van der Waals surface area contributed by atoms with Crippen LogP contribution in [0.5, 0.6) is 0 Å². The Morgan fingerprint density at radius 3 is 1.94 bits per heavy atom. The van der Waals surface area contributed by atoms with E-state index in [0.29, 0.717) is 45.4 Å². The lowest BCUT2D eigenvalue weighted by Gasteiger charge is -2.23. The highest BCUT2D eigenvalue weighted by molar-refractivity contribution is 5.85. The number of nitrogens with one attached hydrogen (secondary N) is 2. The molecule has 2 heterocycles. The molecule has 2 amide bonds. The molecule has 0 unspecified atom stereocenters. The summed E-state index contributed by atoms with van der Waals surface area (Å²) in [6.45, 7) is 7.95. The highest BCUT2D eigenvalue weighted by Gasteiger charge is 2.30. The number of unbranched alkanes of at least 4 members (excludes halogenated alkanes) is 3. The second-order valence-electron chi connectivity index (χ2n) is 13.6. The summed E-state index contributed by atoms with van der Waals surface area (Å²) < 4.78 is 9.48. The van der Waals surface area contributed by atoms with Crippen LogP contribution < -0.4 is 10.6 Å². The molecule has 0 saturated carbocycles. The molecule has 12 nitrogen and oxygen atoms in total. The van der Waals surface area contributed by atoms with E-state index in [0.717, 1.165) is 53.2 Å². The van der Waals surface area contributed by atoms with Gasteiger partial charge in [-0.1, -0.05) is 68.3 Å². The van der Waals surface area contributed by atoms with Crippen molar-refractivity contribution in [2.45, 2.75) is 97.4 Å². The van der Waals surface area contributed by atoms with E-state index < -0.39 is 12.1 Å². The molecule has 0 bridgehead atoms. The molecule has 0 radical (unpaired) electrons. The number of nitrogens with zero attached hydrogens (tertiary/aromatic N) is 5. The molecular formula is C40H51N7O5. The van der Waals surface area contributed by atoms with Crippen molar-refractivity contribution in [1.29, 1.82) is 0 Å². The monoisotopic (exact) mass is 709 g/mol. The molecule has 1 atom stereocenters. The Labute approximate surface area is 306 Å². The fraction of sp³-hybridized carbons (Fsp3) is 0.450. The predicted octanol–water partition coefficient (Wildman–Crippen LogP) is 5.64. The largest absolute Gasteiger partial charge is 0.449 e. The summed E-state index contributed by atoms with van der Waals surface area (Å²) in [5.41, 5.74) is 4.55. The van der Waals surface area contributed by atoms with Crippen LogP contribution in [0.2, 0.25) is 0 Å². The summed E-state index contributed by atoms with van der Waals surface area (Å²) in [5, 5.41) is 5.87. The van der Waals surface area contributed by atoms with E-state index in [2.05, 4.69) is 56.7 Å². The third kappa shape index (κ3) is 10.5. The summed E-state index contributed by atoms with van der Waals surface area (Å²) in [5.74, 6) is 1.26. The van der Waals surface area contributed by atoms with Crippen LogP contribution in [0.25, 0.3) is 11.1 Å². The molecule has 4 aromatic rings. The lowest BCUT2D eigenvalue weighted by atomic mass is 9.98. The first-order valence-corrected chi connectivity index (χ1v) is 18.3. The van der Waals surface area contributed by atoms with E-state index in [4.69, 9.17) is 4.74 Å². The zero-order chi connectivity index (χ0) is 36.9. The number of ketones is 2. The molecule has 2 aromatic heterocycles. The molecule has 2 aromatic carbocycles. The van der Waals surface area contributed by atoms with Crippen molar-refractivity contribution in [3.8, 4) is 11.1 Å². The Balaban J connectivity index is 1.22. The Morgan fingerprint density at radius 2 is 1.38 bits per heavy atom. The Bertz CT molecular complexity index is 1710. The SMILES string of the molecule is CCCCCNC(=O)[C@H](CCCCN(Cc1nccn1CC(C)=O)Cc1nccn1CC(C)=O)NC(=O)OCC1c2ccccc2-c2ccccc21. The summed E-state index contributed by atoms with van der Waals surface area (Å²) in [6, 6.07) is 15.6. The fourth-order valence-electron chi connectivity index (χ4n) is 6.81. The minimum Gasteiger partial charge on any atom is -0.449 e. The van der Waals surface area contributed by atoms with Gasteiger partial charge in [-0.25, -0.2) is 14.8 Å². The van der Waals surface area contributed by atoms with Gasteiger partial charge in [0, 0.05) is 37.3 Å². The average Bonchev–Trinajstić information content (AvgIpc) is 3.84. The number of amides is 2. The molecule has 0 aliphatic heterocycles. The molecule has 0 spiro atoms. The summed E-state index contributed by atoms with van der Waals surface area (Å²) >= 11 is 0. The van der Waals surface area contributed by atoms with Gasteiger partial charge in [0.25, 0.3) is 0 Å². The average molecular weight is 710 g/mol. The van der Waals surface area contributed by atoms with Crippen molar-refractivity contribution >= 4 is 23.6 Å². The highest BCUT2D eigenvalue weighted by Crippen LogP contribution is 2.44. The second-order valence-corrected chi connectivity index (χ2v) is 13.6. The Morgan fingerprint density at radius 1 is 0.808 bits per heavy atom. The molecule has 276 valence electrons. The molecule has 1 aliphatic carbocycles. The number of hydrogen-bond donors (Lipinski definition) is 2. The van der Waals surface area contributed by atoms with E-state index in [-0.39, 0.29) is 43.1 Å². The zero-order valence-corrected chi connectivity index (χ0v) is 30.6. The molecule has 2 N–H and O–H groups in total. The third-order valence-corrected chi connectivity index (χ3v) is 9.37. The summed E-state index contributed by atoms with van der Waals surface area (Å²) in [4.78, 5) is 61.6. The molecule has 5 rings (SSSR count). The van der Waals surface area contributed by atoms with Crippen molar-refractivity contribution in [2.75, 3.05) is 19.7 Å². The van der Waals surface area contributed by atoms with Gasteiger partial charge in [-0.2, -0.15) is 0 Å². The highest BCUT2D eigenvalue weighted by atomic mass is 16.5. The van der Waals surface area contributed by atoms with E-state index in [1.54, 1.807) is 38.6 Å². The summed E-state index contributed by atoms with van der Waals surface area (Å²) in [7, 11) is 0. The van der Waals surface area contributed by atoms with Crippen LogP contribution in [-0.2, 0) is 45.3 Å². The standard InChI is InChI=1S/C40H51N7O5/c1-4-5-11-18-43-39(50)36(44-40(51)52-28-35-33-15-8-6-13-31(33)32-14-7-9-16-34(32)35)17-10-12-21-45(26-37-41-19-22-46(37)24-29(2)48)27-38-42-20-23-47(38)25-30(3)49/h6-9,13-16,19-20,22-23,35-36H,4-5,10-12,17-18,21,24-28H2,1-3H3,(H,43,50)(H,44,51)/t36-/m0/s1. The third-order valence-electron chi connectivity index (χ3n) is 9.37. The quantitative estimate of drug-likeness (QED) is 0.106. The summed E-state index contributed by atoms with van der Waals surface area (Å²) in [6.07, 6.45) is 11.1. The first-order valence-electron chi connectivity index (χ1n) is 18.3. The number of carbonyl (C=O) groups excluding carboxylic acids is 4. The van der Waals surface area contributed by atoms with Gasteiger partial charge in [0.1, 0.15) is 35.9 Å². The van der Waals surface area contributed by atoms with Gasteiger partial charge >= 0.3 is 6.09 Å². The van der Waals surface area contributed by atoms with E-state index >= 15 is 0 Å². The van der Waals surface area contributed by atoms with E-state index in [1.807, 2.05) is 33.4 Å². The minimum absolute atomic E-state index is 0.0331. The van der Waals surface area contributed by atoms with Gasteiger partial charge in [-0.05, 0) is 68.3 Å². The minimum atomic E-state index is -0.755. The number of rotatable bonds is 21. The topological polar surface area (TPSA) is 140 Å². The van der Waals surface area contributed by atoms with Crippen LogP contribution in [0.4, 0.5) is 4.79 Å². The molecule has 1 aliphatic rings. The maximum absolute atomic E-state index is 13.4. The Kier molecular flexibility index (Phi) is 13.9. The first kappa shape index (κ1) is 38.1. The first-order chi connectivity index (χ1) is 25.2. The molecular weight excluding hydrogens is 658 g/mol. The molecule has 0 fully saturated rings. The predicted molar refractivity (Wildman–Crippen MR) is 198 cm³/mol. The van der Waals surface area contributed by atoms with E-state index in [9.17, 15) is 19.2 Å². The number of benzene rings is 2. The van der Waals surface area contributed by atoms with Crippen LogP contribution >= 0.6 is 0 Å². The molecule has 12 heteroatoms. The van der Waals surface area contributed by atoms with Crippen LogP contribution in [0.15, 0.2) is 73.3 Å². The lowest BCUT2D eigenvalue weighted by Crippen LogP contribution is -2.47. The number of Topliss-reactive ketones (excluding diaryl/α,β-unsaturated/α-hetero) is 2. The number of alkyl carbamates (subject to hydrolysis) is 1. The number of carbonyl (C=O) groups is 4. The van der Waals surface area contributed by atoms with Crippen LogP contribution in [-0.4, -0.2) is 73.3 Å². The number of aromatic nitrogens is 4. The van der Waals surface area contributed by atoms with Gasteiger partial charge in [0.05, 0.1) is 26.2 Å². The maximum Gasteiger partial charge on any atom is 0.407 e. The normalized spacial score (nSPS) is 12.7. The van der Waals surface area contributed by atoms with Crippen molar-refractivity contribution in [2.24, 2.45) is 0 Å². The van der Waals surface area contributed by atoms with Gasteiger partial charge < -0.3 is 24.5 Å². The smallest absolute Gasteiger partial charge is 0.407 e. The number of ether oxygens (including phenoxy) is 1. The van der Waals surface area contributed by atoms with Gasteiger partial charge in [0.2, 0.25) is 5.91 Å². The number of imidazole rings is 2. The van der Waals surface area contributed by atoms with Gasteiger partial charge in [-0.15, -0.1) is 0 Å². The van der Waals surface area contributed by atoms with Crippen LogP contribution in [0.3, 0.4) is 0 Å². The maximum atomic E-state index is 13.4. The van der Waals surface area contributed by atoms with E-state index in [1.165, 1.54) is 0 Å². The van der Waals surface area contributed by atoms with Gasteiger partial charge in [0.15, 0.2) is 0 Å². The van der Waals surface area contributed by atoms with Crippen molar-refractivity contribution in [3.05, 3.63) is 96.1 Å². The van der Waals surface area contributed by atoms with Crippen molar-refractivity contribution in [1.82, 2.24) is 34.6 Å². The second kappa shape index (κ2) is 18.9. The van der Waals surface area contributed by atoms with Crippen LogP contribution in [0, 0.1) is 0 Å². The zero-order valence-electron chi connectivity index (χ0n) is 30.6. The van der Waals surface area contributed by atoms with Crippen molar-refractivity contribution < 1.29 is 23.9 Å². The lowest BCUT2D eigenvalue weighted by molar-refractivity contribution is -0.123. The van der Waals surface area contributed by atoms with Gasteiger partial charge in [-0.3, -0.25) is 19.3 Å². The van der Waals surface area contributed by atoms with Crippen LogP contribution in [0.1, 0.15) is 88.0 Å². The number of hydrogen-bond acceptors (Lipinski definition) is 8. The number of fused-ring (bicyclic) bond motifs is 3.